The molecule has 1 unspecified atom stereocenters. The SMILES string of the molecule is CN(Cc1cccc(OCC2CCCN(C(=O)c3ccc4c(c3)OCO4)C2)c1)Cc1ccc2ncccc2c1. The first-order valence-corrected chi connectivity index (χ1v) is 13.5. The van der Waals surface area contributed by atoms with Crippen LogP contribution in [0, 0.1) is 5.92 Å². The van der Waals surface area contributed by atoms with Gasteiger partial charge in [-0.05, 0) is 79.5 Å². The van der Waals surface area contributed by atoms with E-state index in [4.69, 9.17) is 14.2 Å². The van der Waals surface area contributed by atoms with E-state index in [0.29, 0.717) is 36.1 Å². The first kappa shape index (κ1) is 25.2. The van der Waals surface area contributed by atoms with Crippen LogP contribution in [0.2, 0.25) is 0 Å². The lowest BCUT2D eigenvalue weighted by Crippen LogP contribution is -2.41. The van der Waals surface area contributed by atoms with Crippen molar-refractivity contribution in [1.29, 1.82) is 0 Å². The first-order chi connectivity index (χ1) is 19.1. The second-order valence-electron chi connectivity index (χ2n) is 10.5. The van der Waals surface area contributed by atoms with Crippen molar-refractivity contribution in [2.24, 2.45) is 5.92 Å². The van der Waals surface area contributed by atoms with Gasteiger partial charge in [-0.3, -0.25) is 14.7 Å². The molecule has 0 bridgehead atoms. The van der Waals surface area contributed by atoms with Crippen molar-refractivity contribution in [3.63, 3.8) is 0 Å². The van der Waals surface area contributed by atoms with Crippen LogP contribution in [0.25, 0.3) is 10.9 Å². The normalized spacial score (nSPS) is 16.6. The van der Waals surface area contributed by atoms with E-state index >= 15 is 0 Å². The maximum Gasteiger partial charge on any atom is 0.254 e. The van der Waals surface area contributed by atoms with Gasteiger partial charge in [-0.1, -0.05) is 24.3 Å². The zero-order valence-electron chi connectivity index (χ0n) is 22.2. The van der Waals surface area contributed by atoms with Crippen LogP contribution in [-0.2, 0) is 13.1 Å². The zero-order valence-corrected chi connectivity index (χ0v) is 22.2. The van der Waals surface area contributed by atoms with E-state index in [9.17, 15) is 4.79 Å². The fraction of sp³-hybridized carbons (Fsp3) is 0.312. The molecular weight excluding hydrogens is 490 g/mol. The highest BCUT2D eigenvalue weighted by molar-refractivity contribution is 5.95. The number of benzene rings is 3. The van der Waals surface area contributed by atoms with Crippen LogP contribution in [0.1, 0.15) is 34.3 Å². The number of carbonyl (C=O) groups excluding carboxylic acids is 1. The predicted molar refractivity (Wildman–Crippen MR) is 150 cm³/mol. The molecule has 7 heteroatoms. The van der Waals surface area contributed by atoms with Crippen molar-refractivity contribution >= 4 is 16.8 Å². The van der Waals surface area contributed by atoms with Gasteiger partial charge in [0, 0.05) is 49.2 Å². The number of piperidine rings is 1. The molecule has 1 saturated heterocycles. The predicted octanol–water partition coefficient (Wildman–Crippen LogP) is 5.53. The number of ether oxygens (including phenoxy) is 3. The summed E-state index contributed by atoms with van der Waals surface area (Å²) in [6, 6.07) is 24.3. The topological polar surface area (TPSA) is 64.1 Å². The van der Waals surface area contributed by atoms with Gasteiger partial charge in [0.25, 0.3) is 5.91 Å². The monoisotopic (exact) mass is 523 g/mol. The molecule has 2 aliphatic rings. The third kappa shape index (κ3) is 5.99. The van der Waals surface area contributed by atoms with Crippen molar-refractivity contribution in [2.45, 2.75) is 25.9 Å². The molecular formula is C32H33N3O4. The highest BCUT2D eigenvalue weighted by Crippen LogP contribution is 2.33. The molecule has 0 N–H and O–H groups in total. The standard InChI is InChI=1S/C32H33N3O4/c1-34(19-24-9-11-29-26(15-24)7-3-13-33-29)18-23-5-2-8-28(16-23)37-21-25-6-4-14-35(20-25)32(36)27-10-12-30-31(17-27)39-22-38-30/h2-3,5,7-13,15-17,25H,4,6,14,18-22H2,1H3. The van der Waals surface area contributed by atoms with Crippen LogP contribution in [0.5, 0.6) is 17.2 Å². The Bertz CT molecular complexity index is 1470. The highest BCUT2D eigenvalue weighted by Gasteiger charge is 2.26. The van der Waals surface area contributed by atoms with E-state index in [0.717, 1.165) is 49.1 Å². The molecule has 0 saturated carbocycles. The number of hydrogen-bond donors (Lipinski definition) is 0. The summed E-state index contributed by atoms with van der Waals surface area (Å²) in [5.74, 6) is 2.53. The summed E-state index contributed by atoms with van der Waals surface area (Å²) >= 11 is 0. The molecule has 1 fully saturated rings. The molecule has 3 aromatic carbocycles. The number of hydrogen-bond acceptors (Lipinski definition) is 6. The number of pyridine rings is 1. The minimum Gasteiger partial charge on any atom is -0.493 e. The van der Waals surface area contributed by atoms with Gasteiger partial charge in [0.05, 0.1) is 12.1 Å². The van der Waals surface area contributed by atoms with E-state index in [1.54, 1.807) is 6.07 Å². The van der Waals surface area contributed by atoms with E-state index in [2.05, 4.69) is 59.4 Å². The van der Waals surface area contributed by atoms with Crippen LogP contribution < -0.4 is 14.2 Å². The summed E-state index contributed by atoms with van der Waals surface area (Å²) in [6.45, 7) is 3.93. The van der Waals surface area contributed by atoms with E-state index in [-0.39, 0.29) is 12.7 Å². The lowest BCUT2D eigenvalue weighted by Gasteiger charge is -2.32. The Morgan fingerprint density at radius 2 is 1.87 bits per heavy atom. The average molecular weight is 524 g/mol. The molecule has 1 amide bonds. The largest absolute Gasteiger partial charge is 0.493 e. The minimum atomic E-state index is 0.0331. The van der Waals surface area contributed by atoms with Gasteiger partial charge < -0.3 is 19.1 Å². The van der Waals surface area contributed by atoms with E-state index in [1.165, 1.54) is 11.1 Å². The number of fused-ring (bicyclic) bond motifs is 2. The summed E-state index contributed by atoms with van der Waals surface area (Å²) < 4.78 is 17.0. The highest BCUT2D eigenvalue weighted by atomic mass is 16.7. The van der Waals surface area contributed by atoms with Gasteiger partial charge in [0.1, 0.15) is 5.75 Å². The smallest absolute Gasteiger partial charge is 0.254 e. The van der Waals surface area contributed by atoms with Gasteiger partial charge in [-0.25, -0.2) is 0 Å². The summed E-state index contributed by atoms with van der Waals surface area (Å²) in [4.78, 5) is 21.8. The minimum absolute atomic E-state index is 0.0331. The number of amides is 1. The van der Waals surface area contributed by atoms with E-state index < -0.39 is 0 Å². The third-order valence-corrected chi connectivity index (χ3v) is 7.38. The number of likely N-dealkylation sites (tertiary alicyclic amines) is 1. The average Bonchev–Trinajstić information content (AvgIpc) is 3.44. The fourth-order valence-electron chi connectivity index (χ4n) is 5.45. The fourth-order valence-corrected chi connectivity index (χ4v) is 5.45. The van der Waals surface area contributed by atoms with Crippen molar-refractivity contribution in [1.82, 2.24) is 14.8 Å². The van der Waals surface area contributed by atoms with Gasteiger partial charge in [0.15, 0.2) is 11.5 Å². The Balaban J connectivity index is 1.02. The Labute approximate surface area is 228 Å². The second-order valence-corrected chi connectivity index (χ2v) is 10.5. The molecule has 0 spiro atoms. The Morgan fingerprint density at radius 1 is 1.00 bits per heavy atom. The molecule has 200 valence electrons. The summed E-state index contributed by atoms with van der Waals surface area (Å²) in [5, 5.41) is 1.16. The van der Waals surface area contributed by atoms with Crippen molar-refractivity contribution < 1.29 is 19.0 Å². The summed E-state index contributed by atoms with van der Waals surface area (Å²) in [5.41, 5.74) is 4.13. The van der Waals surface area contributed by atoms with Crippen molar-refractivity contribution in [3.05, 3.63) is 95.7 Å². The van der Waals surface area contributed by atoms with Crippen LogP contribution in [-0.4, -0.2) is 54.2 Å². The molecule has 0 radical (unpaired) electrons. The Morgan fingerprint density at radius 3 is 2.79 bits per heavy atom. The van der Waals surface area contributed by atoms with E-state index in [1.807, 2.05) is 35.4 Å². The number of rotatable bonds is 8. The molecule has 1 aromatic heterocycles. The summed E-state index contributed by atoms with van der Waals surface area (Å²) in [7, 11) is 2.13. The van der Waals surface area contributed by atoms with Gasteiger partial charge in [0.2, 0.25) is 6.79 Å². The summed E-state index contributed by atoms with van der Waals surface area (Å²) in [6.07, 6.45) is 3.85. The maximum absolute atomic E-state index is 13.1. The maximum atomic E-state index is 13.1. The van der Waals surface area contributed by atoms with Gasteiger partial charge in [-0.15, -0.1) is 0 Å². The zero-order chi connectivity index (χ0) is 26.6. The Kier molecular flexibility index (Phi) is 7.32. The van der Waals surface area contributed by atoms with Gasteiger partial charge in [-0.2, -0.15) is 0 Å². The molecule has 1 atom stereocenters. The lowest BCUT2D eigenvalue weighted by molar-refractivity contribution is 0.0633. The van der Waals surface area contributed by atoms with Crippen LogP contribution in [0.3, 0.4) is 0 Å². The molecule has 6 rings (SSSR count). The molecule has 39 heavy (non-hydrogen) atoms. The molecule has 0 aliphatic carbocycles. The molecule has 3 heterocycles. The van der Waals surface area contributed by atoms with Crippen LogP contribution in [0.4, 0.5) is 0 Å². The third-order valence-electron chi connectivity index (χ3n) is 7.38. The van der Waals surface area contributed by atoms with Crippen molar-refractivity contribution in [2.75, 3.05) is 33.5 Å². The van der Waals surface area contributed by atoms with Crippen molar-refractivity contribution in [3.8, 4) is 17.2 Å². The van der Waals surface area contributed by atoms with Crippen LogP contribution >= 0.6 is 0 Å². The molecule has 2 aliphatic heterocycles. The second kappa shape index (κ2) is 11.3. The number of nitrogens with zero attached hydrogens (tertiary/aromatic N) is 3. The number of aromatic nitrogens is 1. The van der Waals surface area contributed by atoms with Crippen LogP contribution in [0.15, 0.2) is 79.0 Å². The molecule has 4 aromatic rings. The quantitative estimate of drug-likeness (QED) is 0.303. The lowest BCUT2D eigenvalue weighted by atomic mass is 9.98. The first-order valence-electron chi connectivity index (χ1n) is 13.5. The Hall–Kier alpha value is -4.10. The van der Waals surface area contributed by atoms with Gasteiger partial charge >= 0.3 is 0 Å². The molecule has 7 nitrogen and oxygen atoms in total. The number of carbonyl (C=O) groups is 1.